The molecule has 1 N–H and O–H groups in total. The van der Waals surface area contributed by atoms with Crippen molar-refractivity contribution < 1.29 is 14.3 Å². The van der Waals surface area contributed by atoms with Gasteiger partial charge < -0.3 is 10.1 Å². The van der Waals surface area contributed by atoms with Crippen molar-refractivity contribution in [3.05, 3.63) is 50.3 Å². The lowest BCUT2D eigenvalue weighted by Gasteiger charge is -2.25. The Morgan fingerprint density at radius 2 is 2.00 bits per heavy atom. The normalized spacial score (nSPS) is 14.0. The van der Waals surface area contributed by atoms with Crippen LogP contribution < -0.4 is 5.32 Å². The van der Waals surface area contributed by atoms with Crippen LogP contribution in [0.4, 0.5) is 5.00 Å². The molecule has 3 rings (SSSR count). The van der Waals surface area contributed by atoms with E-state index in [9.17, 15) is 9.59 Å². The van der Waals surface area contributed by atoms with Gasteiger partial charge in [0.25, 0.3) is 5.91 Å². The number of nitrogens with one attached hydrogen (secondary N) is 1. The number of carbonyl (C=O) groups is 2. The van der Waals surface area contributed by atoms with E-state index >= 15 is 0 Å². The molecule has 0 bridgehead atoms. The SMILES string of the molecule is CCOC(=O)c1c(NC(=O)c2ccc(Br)cc2)sc2c1CCN(CC)C2. The summed E-state index contributed by atoms with van der Waals surface area (Å²) in [7, 11) is 0. The summed E-state index contributed by atoms with van der Waals surface area (Å²) in [6.45, 7) is 6.90. The van der Waals surface area contributed by atoms with Gasteiger partial charge in [-0.25, -0.2) is 4.79 Å². The molecule has 0 fully saturated rings. The molecule has 26 heavy (non-hydrogen) atoms. The summed E-state index contributed by atoms with van der Waals surface area (Å²) in [6.07, 6.45) is 0.794. The van der Waals surface area contributed by atoms with E-state index in [1.807, 2.05) is 12.1 Å². The lowest BCUT2D eigenvalue weighted by Crippen LogP contribution is -2.30. The smallest absolute Gasteiger partial charge is 0.341 e. The van der Waals surface area contributed by atoms with Gasteiger partial charge in [0.1, 0.15) is 5.00 Å². The van der Waals surface area contributed by atoms with Crippen molar-refractivity contribution in [2.45, 2.75) is 26.8 Å². The van der Waals surface area contributed by atoms with E-state index < -0.39 is 0 Å². The molecule has 1 aliphatic heterocycles. The van der Waals surface area contributed by atoms with E-state index in [2.05, 4.69) is 33.1 Å². The minimum Gasteiger partial charge on any atom is -0.462 e. The molecule has 0 atom stereocenters. The molecule has 5 nitrogen and oxygen atoms in total. The van der Waals surface area contributed by atoms with Crippen LogP contribution in [-0.2, 0) is 17.7 Å². The van der Waals surface area contributed by atoms with Crippen LogP contribution in [0.15, 0.2) is 28.7 Å². The van der Waals surface area contributed by atoms with Crippen molar-refractivity contribution in [2.75, 3.05) is 25.0 Å². The largest absolute Gasteiger partial charge is 0.462 e. The monoisotopic (exact) mass is 436 g/mol. The fourth-order valence-electron chi connectivity index (χ4n) is 3.01. The number of rotatable bonds is 5. The Hall–Kier alpha value is -1.70. The second-order valence-corrected chi connectivity index (χ2v) is 8.03. The third-order valence-electron chi connectivity index (χ3n) is 4.40. The lowest BCUT2D eigenvalue weighted by molar-refractivity contribution is 0.0526. The van der Waals surface area contributed by atoms with Crippen LogP contribution in [0.3, 0.4) is 0 Å². The Morgan fingerprint density at radius 3 is 2.65 bits per heavy atom. The first kappa shape index (κ1) is 19.1. The molecule has 2 heterocycles. The Bertz CT molecular complexity index is 817. The number of thiophene rings is 1. The van der Waals surface area contributed by atoms with Crippen molar-refractivity contribution in [1.29, 1.82) is 0 Å². The lowest BCUT2D eigenvalue weighted by atomic mass is 10.0. The van der Waals surface area contributed by atoms with Gasteiger partial charge in [-0.05, 0) is 49.7 Å². The zero-order valence-corrected chi connectivity index (χ0v) is 17.2. The van der Waals surface area contributed by atoms with E-state index in [1.54, 1.807) is 19.1 Å². The van der Waals surface area contributed by atoms with Crippen molar-refractivity contribution >= 4 is 44.1 Å². The van der Waals surface area contributed by atoms with Crippen molar-refractivity contribution in [2.24, 2.45) is 0 Å². The topological polar surface area (TPSA) is 58.6 Å². The fraction of sp³-hybridized carbons (Fsp3) is 0.368. The number of nitrogens with zero attached hydrogens (tertiary/aromatic N) is 1. The number of anilines is 1. The van der Waals surface area contributed by atoms with Crippen LogP contribution in [0, 0.1) is 0 Å². The molecular formula is C19H21BrN2O3S. The Kier molecular flexibility index (Phi) is 6.11. The van der Waals surface area contributed by atoms with Gasteiger partial charge in [-0.1, -0.05) is 22.9 Å². The third-order valence-corrected chi connectivity index (χ3v) is 6.06. The number of hydrogen-bond donors (Lipinski definition) is 1. The molecule has 0 radical (unpaired) electrons. The van der Waals surface area contributed by atoms with E-state index in [4.69, 9.17) is 4.74 Å². The molecule has 0 saturated carbocycles. The highest BCUT2D eigenvalue weighted by Crippen LogP contribution is 2.37. The summed E-state index contributed by atoms with van der Waals surface area (Å²) in [4.78, 5) is 28.6. The second kappa shape index (κ2) is 8.33. The molecular weight excluding hydrogens is 416 g/mol. The summed E-state index contributed by atoms with van der Waals surface area (Å²) in [5, 5.41) is 3.50. The van der Waals surface area contributed by atoms with Crippen LogP contribution in [0.1, 0.15) is 45.0 Å². The van der Waals surface area contributed by atoms with Gasteiger partial charge in [0.2, 0.25) is 0 Å². The number of ether oxygens (including phenoxy) is 1. The van der Waals surface area contributed by atoms with Crippen LogP contribution in [0.5, 0.6) is 0 Å². The number of halogens is 1. The molecule has 1 aromatic carbocycles. The molecule has 0 spiro atoms. The first-order chi connectivity index (χ1) is 12.5. The quantitative estimate of drug-likeness (QED) is 0.708. The highest BCUT2D eigenvalue weighted by atomic mass is 79.9. The van der Waals surface area contributed by atoms with Gasteiger partial charge in [-0.2, -0.15) is 0 Å². The number of amides is 1. The van der Waals surface area contributed by atoms with Gasteiger partial charge in [0.15, 0.2) is 0 Å². The van der Waals surface area contributed by atoms with Crippen molar-refractivity contribution in [3.8, 4) is 0 Å². The zero-order chi connectivity index (χ0) is 18.7. The van der Waals surface area contributed by atoms with Gasteiger partial charge in [-0.3, -0.25) is 9.69 Å². The van der Waals surface area contributed by atoms with Gasteiger partial charge in [0.05, 0.1) is 12.2 Å². The average molecular weight is 437 g/mol. The second-order valence-electron chi connectivity index (χ2n) is 6.01. The van der Waals surface area contributed by atoms with Crippen LogP contribution in [0.25, 0.3) is 0 Å². The summed E-state index contributed by atoms with van der Waals surface area (Å²) < 4.78 is 6.16. The molecule has 7 heteroatoms. The molecule has 1 amide bonds. The first-order valence-corrected chi connectivity index (χ1v) is 10.2. The fourth-order valence-corrected chi connectivity index (χ4v) is 4.55. The number of fused-ring (bicyclic) bond motifs is 1. The molecule has 138 valence electrons. The molecule has 1 aromatic heterocycles. The standard InChI is InChI=1S/C19H21BrN2O3S/c1-3-22-10-9-14-15(11-22)26-18(16(14)19(24)25-4-2)21-17(23)12-5-7-13(20)8-6-12/h5-8H,3-4,9-11H2,1-2H3,(H,21,23). The average Bonchev–Trinajstić information content (AvgIpc) is 2.99. The van der Waals surface area contributed by atoms with Crippen molar-refractivity contribution in [1.82, 2.24) is 4.90 Å². The van der Waals surface area contributed by atoms with E-state index in [0.29, 0.717) is 22.7 Å². The Balaban J connectivity index is 1.92. The minimum atomic E-state index is -0.360. The third kappa shape index (κ3) is 4.00. The first-order valence-electron chi connectivity index (χ1n) is 8.64. The summed E-state index contributed by atoms with van der Waals surface area (Å²) in [6, 6.07) is 7.13. The number of hydrogen-bond acceptors (Lipinski definition) is 5. The molecule has 1 aliphatic rings. The summed E-state index contributed by atoms with van der Waals surface area (Å²) >= 11 is 4.84. The number of carbonyl (C=O) groups excluding carboxylic acids is 2. The molecule has 0 aliphatic carbocycles. The van der Waals surface area contributed by atoms with Gasteiger partial charge >= 0.3 is 5.97 Å². The van der Waals surface area contributed by atoms with Gasteiger partial charge in [0, 0.05) is 28.0 Å². The number of esters is 1. The zero-order valence-electron chi connectivity index (χ0n) is 14.8. The van der Waals surface area contributed by atoms with Crippen molar-refractivity contribution in [3.63, 3.8) is 0 Å². The van der Waals surface area contributed by atoms with Crippen LogP contribution in [-0.4, -0.2) is 36.5 Å². The van der Waals surface area contributed by atoms with Gasteiger partial charge in [-0.15, -0.1) is 11.3 Å². The highest BCUT2D eigenvalue weighted by molar-refractivity contribution is 9.10. The number of likely N-dealkylation sites (N-methyl/N-ethyl adjacent to an activating group) is 1. The maximum absolute atomic E-state index is 12.6. The molecule has 0 saturated heterocycles. The molecule has 0 unspecified atom stereocenters. The summed E-state index contributed by atoms with van der Waals surface area (Å²) in [5.41, 5.74) is 2.09. The van der Waals surface area contributed by atoms with E-state index in [0.717, 1.165) is 41.0 Å². The highest BCUT2D eigenvalue weighted by Gasteiger charge is 2.29. The van der Waals surface area contributed by atoms with Crippen LogP contribution in [0.2, 0.25) is 0 Å². The summed E-state index contributed by atoms with van der Waals surface area (Å²) in [5.74, 6) is -0.588. The Morgan fingerprint density at radius 1 is 1.27 bits per heavy atom. The molecule has 2 aromatic rings. The minimum absolute atomic E-state index is 0.228. The predicted octanol–water partition coefficient (Wildman–Crippen LogP) is 4.32. The van der Waals surface area contributed by atoms with Crippen LogP contribution >= 0.6 is 27.3 Å². The van der Waals surface area contributed by atoms with E-state index in [-0.39, 0.29) is 11.9 Å². The maximum atomic E-state index is 12.6. The van der Waals surface area contributed by atoms with E-state index in [1.165, 1.54) is 11.3 Å². The Labute approximate surface area is 165 Å². The number of benzene rings is 1. The predicted molar refractivity (Wildman–Crippen MR) is 107 cm³/mol. The maximum Gasteiger partial charge on any atom is 0.341 e.